The lowest BCUT2D eigenvalue weighted by Crippen LogP contribution is -2.53. The maximum absolute atomic E-state index is 14.1. The number of anilines is 1. The highest BCUT2D eigenvalue weighted by Crippen LogP contribution is 2.38. The van der Waals surface area contributed by atoms with Gasteiger partial charge in [-0.05, 0) is 41.8 Å². The summed E-state index contributed by atoms with van der Waals surface area (Å²) >= 11 is 0. The summed E-state index contributed by atoms with van der Waals surface area (Å²) in [6.07, 6.45) is 2.77. The van der Waals surface area contributed by atoms with Crippen LogP contribution in [0.25, 0.3) is 0 Å². The number of benzene rings is 2. The third kappa shape index (κ3) is 4.81. The van der Waals surface area contributed by atoms with Crippen LogP contribution >= 0.6 is 0 Å². The Labute approximate surface area is 196 Å². The van der Waals surface area contributed by atoms with Gasteiger partial charge in [0.05, 0.1) is 17.5 Å². The molecule has 3 N–H and O–H groups in total. The predicted octanol–water partition coefficient (Wildman–Crippen LogP) is 3.58. The van der Waals surface area contributed by atoms with E-state index < -0.39 is 35.4 Å². The molecule has 9 heteroatoms. The summed E-state index contributed by atoms with van der Waals surface area (Å²) in [4.78, 5) is 32.6. The molecule has 2 aromatic rings. The van der Waals surface area contributed by atoms with Crippen LogP contribution in [0.5, 0.6) is 0 Å². The van der Waals surface area contributed by atoms with E-state index in [1.54, 1.807) is 13.1 Å². The zero-order valence-electron chi connectivity index (χ0n) is 19.0. The molecular weight excluding hydrogens is 440 g/mol. The Morgan fingerprint density at radius 1 is 1.29 bits per heavy atom. The molecule has 7 nitrogen and oxygen atoms in total. The molecule has 1 aliphatic rings. The molecule has 1 heterocycles. The van der Waals surface area contributed by atoms with Crippen molar-refractivity contribution in [2.75, 3.05) is 18.9 Å². The Morgan fingerprint density at radius 2 is 2.03 bits per heavy atom. The molecule has 34 heavy (non-hydrogen) atoms. The molecule has 0 saturated carbocycles. The number of carbonyl (C=O) groups excluding carboxylic acids is 2. The Bertz CT molecular complexity index is 1220. The average Bonchev–Trinajstić information content (AvgIpc) is 2.80. The average molecular weight is 466 g/mol. The molecule has 0 fully saturated rings. The number of hydrogen-bond acceptors (Lipinski definition) is 5. The van der Waals surface area contributed by atoms with Crippen molar-refractivity contribution in [3.8, 4) is 6.07 Å². The highest BCUT2D eigenvalue weighted by molar-refractivity contribution is 6.06. The number of carbonyl (C=O) groups is 2. The van der Waals surface area contributed by atoms with E-state index in [4.69, 9.17) is 11.0 Å². The Kier molecular flexibility index (Phi) is 7.41. The van der Waals surface area contributed by atoms with E-state index in [0.717, 1.165) is 12.1 Å². The maximum Gasteiger partial charge on any atom is 0.254 e. The lowest BCUT2D eigenvalue weighted by atomic mass is 9.78. The molecule has 0 bridgehead atoms. The van der Waals surface area contributed by atoms with Crippen molar-refractivity contribution in [2.45, 2.75) is 25.8 Å². The number of rotatable bonds is 6. The summed E-state index contributed by atoms with van der Waals surface area (Å²) < 4.78 is 27.9. The molecule has 0 aromatic heterocycles. The van der Waals surface area contributed by atoms with Gasteiger partial charge >= 0.3 is 0 Å². The van der Waals surface area contributed by atoms with Gasteiger partial charge in [-0.3, -0.25) is 14.6 Å². The summed E-state index contributed by atoms with van der Waals surface area (Å²) in [6.45, 7) is 4.12. The number of fused-ring (bicyclic) bond motifs is 1. The minimum absolute atomic E-state index is 0.0399. The van der Waals surface area contributed by atoms with Crippen molar-refractivity contribution in [3.05, 3.63) is 76.5 Å². The second-order valence-electron chi connectivity index (χ2n) is 8.36. The number of nitrogens with two attached hydrogens (primary N) is 1. The number of halogens is 2. The van der Waals surface area contributed by atoms with Gasteiger partial charge in [-0.25, -0.2) is 8.78 Å². The quantitative estimate of drug-likeness (QED) is 0.635. The first-order valence-corrected chi connectivity index (χ1v) is 10.7. The zero-order chi connectivity index (χ0) is 25.0. The van der Waals surface area contributed by atoms with E-state index in [2.05, 4.69) is 10.3 Å². The van der Waals surface area contributed by atoms with Crippen molar-refractivity contribution < 1.29 is 18.4 Å². The van der Waals surface area contributed by atoms with Crippen LogP contribution in [0.1, 0.15) is 41.3 Å². The van der Waals surface area contributed by atoms with Gasteiger partial charge in [0.2, 0.25) is 5.91 Å². The monoisotopic (exact) mass is 465 g/mol. The van der Waals surface area contributed by atoms with Crippen LogP contribution in [0, 0.1) is 28.9 Å². The topological polar surface area (TPSA) is 112 Å². The highest BCUT2D eigenvalue weighted by atomic mass is 19.1. The van der Waals surface area contributed by atoms with E-state index in [1.165, 1.54) is 41.6 Å². The molecule has 0 aliphatic carbocycles. The molecular formula is C25H25F2N5O2. The first-order valence-electron chi connectivity index (χ1n) is 10.7. The second-order valence-corrected chi connectivity index (χ2v) is 8.36. The third-order valence-corrected chi connectivity index (χ3v) is 5.50. The van der Waals surface area contributed by atoms with Crippen LogP contribution in [-0.2, 0) is 4.79 Å². The van der Waals surface area contributed by atoms with E-state index in [9.17, 15) is 18.4 Å². The fourth-order valence-electron chi connectivity index (χ4n) is 4.14. The Balaban J connectivity index is 2.18. The van der Waals surface area contributed by atoms with Crippen LogP contribution in [0.2, 0.25) is 0 Å². The van der Waals surface area contributed by atoms with Gasteiger partial charge < -0.3 is 16.0 Å². The van der Waals surface area contributed by atoms with E-state index in [-0.39, 0.29) is 29.3 Å². The number of aliphatic imine (C=N–C) groups is 1. The van der Waals surface area contributed by atoms with Gasteiger partial charge in [0.15, 0.2) is 0 Å². The molecule has 2 atom stereocenters. The van der Waals surface area contributed by atoms with Crippen LogP contribution in [0.4, 0.5) is 14.5 Å². The molecule has 0 spiro atoms. The minimum atomic E-state index is -0.976. The van der Waals surface area contributed by atoms with Gasteiger partial charge in [0.25, 0.3) is 5.91 Å². The number of nitriles is 1. The largest absolute Gasteiger partial charge is 0.404 e. The van der Waals surface area contributed by atoms with E-state index >= 15 is 0 Å². The van der Waals surface area contributed by atoms with Crippen molar-refractivity contribution >= 4 is 23.7 Å². The molecule has 2 amide bonds. The Hall–Kier alpha value is -4.06. The van der Waals surface area contributed by atoms with Crippen molar-refractivity contribution in [1.82, 2.24) is 4.90 Å². The summed E-state index contributed by atoms with van der Waals surface area (Å²) in [7, 11) is 1.54. The van der Waals surface area contributed by atoms with Gasteiger partial charge in [0.1, 0.15) is 17.7 Å². The van der Waals surface area contributed by atoms with Crippen molar-refractivity contribution in [1.29, 1.82) is 5.26 Å². The lowest BCUT2D eigenvalue weighted by molar-refractivity contribution is -0.118. The van der Waals surface area contributed by atoms with Gasteiger partial charge in [-0.15, -0.1) is 0 Å². The predicted molar refractivity (Wildman–Crippen MR) is 125 cm³/mol. The fourth-order valence-corrected chi connectivity index (χ4v) is 4.14. The molecule has 1 aliphatic heterocycles. The molecule has 176 valence electrons. The first-order chi connectivity index (χ1) is 16.2. The molecule has 3 rings (SSSR count). The minimum Gasteiger partial charge on any atom is -0.404 e. The number of hydrogen-bond donors (Lipinski definition) is 2. The zero-order valence-corrected chi connectivity index (χ0v) is 19.0. The number of amides is 2. The molecule has 2 aromatic carbocycles. The summed E-state index contributed by atoms with van der Waals surface area (Å²) in [5, 5.41) is 11.8. The van der Waals surface area contributed by atoms with Gasteiger partial charge in [-0.2, -0.15) is 5.26 Å². The maximum atomic E-state index is 14.1. The van der Waals surface area contributed by atoms with E-state index in [1.807, 2.05) is 13.8 Å². The van der Waals surface area contributed by atoms with Crippen molar-refractivity contribution in [3.63, 3.8) is 0 Å². The van der Waals surface area contributed by atoms with Crippen LogP contribution in [-0.4, -0.2) is 42.6 Å². The molecule has 0 saturated heterocycles. The summed E-state index contributed by atoms with van der Waals surface area (Å²) in [5.74, 6) is -3.20. The number of nitrogens with one attached hydrogen (secondary N) is 1. The van der Waals surface area contributed by atoms with Crippen LogP contribution < -0.4 is 11.1 Å². The second kappa shape index (κ2) is 10.3. The number of nitrogens with zero attached hydrogens (tertiary/aromatic N) is 3. The van der Waals surface area contributed by atoms with Gasteiger partial charge in [0, 0.05) is 42.8 Å². The SMILES string of the molecule is CN=CC(=CN)C1[C@H](C(=O)Nc2ccc(F)c(C#N)c2)c2ccc(F)cc2C(=O)N1CC(C)C. The van der Waals surface area contributed by atoms with Gasteiger partial charge in [-0.1, -0.05) is 19.9 Å². The van der Waals surface area contributed by atoms with E-state index in [0.29, 0.717) is 11.1 Å². The normalized spacial score (nSPS) is 18.2. The standard InChI is InChI=1S/C25H25F2N5O2/c1-14(2)13-32-23(16(11-29)12-30-3)22(19-6-4-17(26)9-20(19)25(32)34)24(33)31-18-5-7-21(27)15(8-18)10-28/h4-9,11-12,14,22-23H,13,29H2,1-3H3,(H,31,33)/t22-,23?/m1/s1. The first kappa shape index (κ1) is 24.6. The fraction of sp³-hybridized carbons (Fsp3) is 0.280. The summed E-state index contributed by atoms with van der Waals surface area (Å²) in [6, 6.07) is 8.27. The van der Waals surface area contributed by atoms with Crippen LogP contribution in [0.3, 0.4) is 0 Å². The Morgan fingerprint density at radius 3 is 2.65 bits per heavy atom. The van der Waals surface area contributed by atoms with Crippen molar-refractivity contribution in [2.24, 2.45) is 16.6 Å². The summed E-state index contributed by atoms with van der Waals surface area (Å²) in [5.41, 5.74) is 6.71. The molecule has 1 unspecified atom stereocenters. The smallest absolute Gasteiger partial charge is 0.254 e. The highest BCUT2D eigenvalue weighted by Gasteiger charge is 2.45. The van der Waals surface area contributed by atoms with Crippen LogP contribution in [0.15, 0.2) is 53.2 Å². The lowest BCUT2D eigenvalue weighted by Gasteiger charge is -2.42. The molecule has 0 radical (unpaired) electrons. The third-order valence-electron chi connectivity index (χ3n) is 5.50.